The second-order valence-electron chi connectivity index (χ2n) is 6.49. The number of hydrogen-bond acceptors (Lipinski definition) is 2. The number of carbonyl (C=O) groups is 2. The van der Waals surface area contributed by atoms with Gasteiger partial charge < -0.3 is 15.7 Å². The normalized spacial score (nSPS) is 17.9. The Balaban J connectivity index is 2.57. The summed E-state index contributed by atoms with van der Waals surface area (Å²) in [6, 6.07) is -0.0521. The van der Waals surface area contributed by atoms with Gasteiger partial charge in [0, 0.05) is 6.04 Å². The lowest BCUT2D eigenvalue weighted by Crippen LogP contribution is -2.60. The van der Waals surface area contributed by atoms with E-state index < -0.39 is 16.9 Å². The predicted octanol–water partition coefficient (Wildman–Crippen LogP) is 2.51. The van der Waals surface area contributed by atoms with E-state index in [9.17, 15) is 14.7 Å². The number of carbonyl (C=O) groups excluding carboxylic acids is 1. The third-order valence-corrected chi connectivity index (χ3v) is 4.46. The number of nitrogens with one attached hydrogen (secondary N) is 2. The van der Waals surface area contributed by atoms with Crippen molar-refractivity contribution in [2.24, 2.45) is 5.41 Å². The van der Waals surface area contributed by atoms with Gasteiger partial charge in [0.05, 0.1) is 11.0 Å². The summed E-state index contributed by atoms with van der Waals surface area (Å²) in [6.07, 6.45) is 5.55. The molecule has 110 valence electrons. The maximum atomic E-state index is 12.0. The van der Waals surface area contributed by atoms with E-state index in [1.54, 1.807) is 27.7 Å². The largest absolute Gasteiger partial charge is 0.481 e. The lowest BCUT2D eigenvalue weighted by Gasteiger charge is -2.39. The molecule has 3 N–H and O–H groups in total. The highest BCUT2D eigenvalue weighted by atomic mass is 16.4. The second kappa shape index (κ2) is 5.80. The van der Waals surface area contributed by atoms with Gasteiger partial charge in [-0.3, -0.25) is 4.79 Å². The van der Waals surface area contributed by atoms with Crippen LogP contribution in [0.15, 0.2) is 0 Å². The van der Waals surface area contributed by atoms with Gasteiger partial charge >= 0.3 is 12.0 Å². The number of carboxylic acids is 1. The highest BCUT2D eigenvalue weighted by Gasteiger charge is 2.44. The third kappa shape index (κ3) is 3.85. The fourth-order valence-electron chi connectivity index (χ4n) is 2.18. The number of amides is 2. The number of urea groups is 1. The Morgan fingerprint density at radius 3 is 2.05 bits per heavy atom. The Labute approximate surface area is 115 Å². The molecular weight excluding hydrogens is 244 g/mol. The van der Waals surface area contributed by atoms with Crippen LogP contribution in [0, 0.1) is 5.41 Å². The summed E-state index contributed by atoms with van der Waals surface area (Å²) in [5, 5.41) is 15.0. The third-order valence-electron chi connectivity index (χ3n) is 4.46. The molecule has 5 heteroatoms. The van der Waals surface area contributed by atoms with Crippen LogP contribution in [0.5, 0.6) is 0 Å². The van der Waals surface area contributed by atoms with E-state index in [4.69, 9.17) is 0 Å². The topological polar surface area (TPSA) is 78.4 Å². The summed E-state index contributed by atoms with van der Waals surface area (Å²) >= 11 is 0. The SMILES string of the molecule is CC(C)(NC(=O)NC1CCCCC1)C(C)(C)C(=O)O. The van der Waals surface area contributed by atoms with Crippen LogP contribution in [-0.4, -0.2) is 28.7 Å². The molecule has 0 aromatic heterocycles. The van der Waals surface area contributed by atoms with Crippen LogP contribution in [0.25, 0.3) is 0 Å². The van der Waals surface area contributed by atoms with E-state index in [1.807, 2.05) is 0 Å². The van der Waals surface area contributed by atoms with Crippen molar-refractivity contribution in [3.05, 3.63) is 0 Å². The summed E-state index contributed by atoms with van der Waals surface area (Å²) < 4.78 is 0. The molecule has 0 aliphatic heterocycles. The molecule has 0 saturated heterocycles. The highest BCUT2D eigenvalue weighted by Crippen LogP contribution is 2.30. The van der Waals surface area contributed by atoms with Crippen LogP contribution >= 0.6 is 0 Å². The molecule has 1 aliphatic carbocycles. The van der Waals surface area contributed by atoms with Gasteiger partial charge in [-0.05, 0) is 40.5 Å². The summed E-state index contributed by atoms with van der Waals surface area (Å²) in [4.78, 5) is 23.2. The molecule has 0 spiro atoms. The Morgan fingerprint density at radius 2 is 1.58 bits per heavy atom. The molecule has 0 radical (unpaired) electrons. The first-order valence-electron chi connectivity index (χ1n) is 6.99. The van der Waals surface area contributed by atoms with E-state index in [2.05, 4.69) is 10.6 Å². The molecular formula is C14H26N2O3. The van der Waals surface area contributed by atoms with E-state index >= 15 is 0 Å². The molecule has 0 atom stereocenters. The molecule has 1 rings (SSSR count). The number of aliphatic carboxylic acids is 1. The Kier molecular flexibility index (Phi) is 4.82. The first kappa shape index (κ1) is 15.8. The minimum absolute atomic E-state index is 0.220. The number of rotatable bonds is 4. The fourth-order valence-corrected chi connectivity index (χ4v) is 2.18. The molecule has 2 amide bonds. The van der Waals surface area contributed by atoms with E-state index in [-0.39, 0.29) is 12.1 Å². The van der Waals surface area contributed by atoms with E-state index in [0.717, 1.165) is 25.7 Å². The Hall–Kier alpha value is -1.26. The van der Waals surface area contributed by atoms with Crippen molar-refractivity contribution in [3.8, 4) is 0 Å². The van der Waals surface area contributed by atoms with Crippen molar-refractivity contribution in [1.29, 1.82) is 0 Å². The van der Waals surface area contributed by atoms with Crippen molar-refractivity contribution in [1.82, 2.24) is 10.6 Å². The van der Waals surface area contributed by atoms with Crippen LogP contribution in [0.4, 0.5) is 4.79 Å². The summed E-state index contributed by atoms with van der Waals surface area (Å²) in [6.45, 7) is 6.72. The minimum atomic E-state index is -1.03. The van der Waals surface area contributed by atoms with Crippen molar-refractivity contribution in [2.45, 2.75) is 71.4 Å². The quantitative estimate of drug-likeness (QED) is 0.734. The molecule has 1 fully saturated rings. The average molecular weight is 270 g/mol. The molecule has 1 aliphatic rings. The van der Waals surface area contributed by atoms with Crippen LogP contribution in [0.2, 0.25) is 0 Å². The Morgan fingerprint density at radius 1 is 1.05 bits per heavy atom. The van der Waals surface area contributed by atoms with Crippen molar-refractivity contribution in [2.75, 3.05) is 0 Å². The van der Waals surface area contributed by atoms with Gasteiger partial charge in [-0.2, -0.15) is 0 Å². The van der Waals surface area contributed by atoms with Gasteiger partial charge in [-0.1, -0.05) is 19.3 Å². The molecule has 0 bridgehead atoms. The van der Waals surface area contributed by atoms with Gasteiger partial charge in [-0.25, -0.2) is 4.79 Å². The van der Waals surface area contributed by atoms with Gasteiger partial charge in [0.25, 0.3) is 0 Å². The zero-order chi connectivity index (χ0) is 14.7. The van der Waals surface area contributed by atoms with Crippen LogP contribution in [0.1, 0.15) is 59.8 Å². The van der Waals surface area contributed by atoms with E-state index in [0.29, 0.717) is 0 Å². The highest BCUT2D eigenvalue weighted by molar-refractivity contribution is 5.79. The maximum Gasteiger partial charge on any atom is 0.315 e. The smallest absolute Gasteiger partial charge is 0.315 e. The minimum Gasteiger partial charge on any atom is -0.481 e. The lowest BCUT2D eigenvalue weighted by atomic mass is 9.74. The predicted molar refractivity (Wildman–Crippen MR) is 74.0 cm³/mol. The van der Waals surface area contributed by atoms with Crippen molar-refractivity contribution < 1.29 is 14.7 Å². The molecule has 0 aromatic rings. The monoisotopic (exact) mass is 270 g/mol. The molecule has 0 aromatic carbocycles. The Bertz CT molecular complexity index is 345. The maximum absolute atomic E-state index is 12.0. The molecule has 5 nitrogen and oxygen atoms in total. The van der Waals surface area contributed by atoms with E-state index in [1.165, 1.54) is 6.42 Å². The second-order valence-corrected chi connectivity index (χ2v) is 6.49. The van der Waals surface area contributed by atoms with Gasteiger partial charge in [0.2, 0.25) is 0 Å². The standard InChI is InChI=1S/C14H26N2O3/c1-13(2,11(17)18)14(3,4)16-12(19)15-10-8-6-5-7-9-10/h10H,5-9H2,1-4H3,(H,17,18)(H2,15,16,19). The van der Waals surface area contributed by atoms with Gasteiger partial charge in [0.15, 0.2) is 0 Å². The zero-order valence-electron chi connectivity index (χ0n) is 12.4. The molecule has 0 heterocycles. The molecule has 1 saturated carbocycles. The lowest BCUT2D eigenvalue weighted by molar-refractivity contribution is -0.150. The zero-order valence-corrected chi connectivity index (χ0v) is 12.4. The fraction of sp³-hybridized carbons (Fsp3) is 0.857. The molecule has 0 unspecified atom stereocenters. The van der Waals surface area contributed by atoms with Crippen LogP contribution < -0.4 is 10.6 Å². The summed E-state index contributed by atoms with van der Waals surface area (Å²) in [5.41, 5.74) is -1.85. The molecule has 19 heavy (non-hydrogen) atoms. The average Bonchev–Trinajstić information content (AvgIpc) is 2.28. The van der Waals surface area contributed by atoms with Gasteiger partial charge in [-0.15, -0.1) is 0 Å². The van der Waals surface area contributed by atoms with Crippen LogP contribution in [0.3, 0.4) is 0 Å². The van der Waals surface area contributed by atoms with Crippen molar-refractivity contribution >= 4 is 12.0 Å². The summed E-state index contributed by atoms with van der Waals surface area (Å²) in [5.74, 6) is -0.921. The van der Waals surface area contributed by atoms with Crippen molar-refractivity contribution in [3.63, 3.8) is 0 Å². The first-order chi connectivity index (χ1) is 8.67. The first-order valence-corrected chi connectivity index (χ1v) is 6.99. The van der Waals surface area contributed by atoms with Gasteiger partial charge in [0.1, 0.15) is 0 Å². The summed E-state index contributed by atoms with van der Waals surface area (Å²) in [7, 11) is 0. The number of hydrogen-bond donors (Lipinski definition) is 3. The number of carboxylic acid groups (broad SMARTS) is 1. The van der Waals surface area contributed by atoms with Crippen LogP contribution in [-0.2, 0) is 4.79 Å².